The van der Waals surface area contributed by atoms with E-state index in [1.54, 1.807) is 0 Å². The Morgan fingerprint density at radius 2 is 1.21 bits per heavy atom. The van der Waals surface area contributed by atoms with Crippen molar-refractivity contribution < 1.29 is 5.11 Å². The Hall–Kier alpha value is -1.68. The summed E-state index contributed by atoms with van der Waals surface area (Å²) in [6.07, 6.45) is 11.8. The van der Waals surface area contributed by atoms with Crippen LogP contribution in [0.25, 0.3) is 0 Å². The molecule has 3 nitrogen and oxygen atoms in total. The fourth-order valence-electron chi connectivity index (χ4n) is 6.42. The Morgan fingerprint density at radius 3 is 1.79 bits per heavy atom. The summed E-state index contributed by atoms with van der Waals surface area (Å²) >= 11 is 0. The van der Waals surface area contributed by atoms with E-state index in [9.17, 15) is 5.11 Å². The smallest absolute Gasteiger partial charge is 0.0789 e. The lowest BCUT2D eigenvalue weighted by Crippen LogP contribution is -2.51. The minimum absolute atomic E-state index is 0.311. The Morgan fingerprint density at radius 1 is 0.706 bits per heavy atom. The van der Waals surface area contributed by atoms with Gasteiger partial charge in [0.05, 0.1) is 5.60 Å². The van der Waals surface area contributed by atoms with E-state index >= 15 is 0 Å². The first-order chi connectivity index (χ1) is 16.6. The average Bonchev–Trinajstić information content (AvgIpc) is 3.00. The van der Waals surface area contributed by atoms with Crippen LogP contribution in [0.4, 0.5) is 0 Å². The molecule has 1 aliphatic heterocycles. The van der Waals surface area contributed by atoms with Crippen LogP contribution in [0.15, 0.2) is 60.7 Å². The number of benzene rings is 2. The monoisotopic (exact) mass is 462 g/mol. The van der Waals surface area contributed by atoms with E-state index in [1.807, 2.05) is 0 Å². The molecule has 2 aliphatic rings. The van der Waals surface area contributed by atoms with Gasteiger partial charge in [-0.3, -0.25) is 9.80 Å². The van der Waals surface area contributed by atoms with Crippen LogP contribution in [0.2, 0.25) is 0 Å². The highest BCUT2D eigenvalue weighted by Crippen LogP contribution is 2.36. The second kappa shape index (κ2) is 12.9. The molecule has 1 aliphatic carbocycles. The highest BCUT2D eigenvalue weighted by molar-refractivity contribution is 5.15. The van der Waals surface area contributed by atoms with Gasteiger partial charge in [0, 0.05) is 32.1 Å². The van der Waals surface area contributed by atoms with Gasteiger partial charge in [-0.1, -0.05) is 112 Å². The summed E-state index contributed by atoms with van der Waals surface area (Å²) in [6.45, 7) is 7.96. The van der Waals surface area contributed by atoms with Crippen LogP contribution in [0, 0.1) is 11.8 Å². The number of hydrogen-bond donors (Lipinski definition) is 1. The van der Waals surface area contributed by atoms with Crippen molar-refractivity contribution >= 4 is 0 Å². The van der Waals surface area contributed by atoms with E-state index in [0.717, 1.165) is 45.7 Å². The summed E-state index contributed by atoms with van der Waals surface area (Å²) in [5.74, 6) is 0.925. The molecule has 0 amide bonds. The van der Waals surface area contributed by atoms with Gasteiger partial charge >= 0.3 is 0 Å². The molecule has 0 radical (unpaired) electrons. The predicted molar refractivity (Wildman–Crippen MR) is 143 cm³/mol. The van der Waals surface area contributed by atoms with Crippen molar-refractivity contribution in [3.8, 4) is 0 Å². The Kier molecular flexibility index (Phi) is 9.61. The fourth-order valence-corrected chi connectivity index (χ4v) is 6.42. The zero-order valence-electron chi connectivity index (χ0n) is 21.4. The molecule has 1 heterocycles. The lowest BCUT2D eigenvalue weighted by atomic mass is 9.74. The number of hydrogen-bond acceptors (Lipinski definition) is 3. The van der Waals surface area contributed by atoms with Crippen molar-refractivity contribution in [3.63, 3.8) is 0 Å². The SMILES string of the molecule is CC1(O)CN(Cc2ccccc2)CCCN(Cc2ccccc2)CC1C1CCCCCCCC1. The molecule has 2 unspecified atom stereocenters. The fraction of sp³-hybridized carbons (Fsp3) is 0.613. The van der Waals surface area contributed by atoms with E-state index in [4.69, 9.17) is 0 Å². The second-order valence-corrected chi connectivity index (χ2v) is 11.2. The molecule has 0 aromatic heterocycles. The number of aliphatic hydroxyl groups is 1. The standard InChI is InChI=1S/C31H46N2O/c1-31(34)26-33(24-28-17-10-7-11-18-28)22-14-21-32(23-27-15-8-6-9-16-27)25-30(31)29-19-12-4-2-3-5-13-20-29/h6-11,15-18,29-30,34H,2-5,12-14,19-26H2,1H3. The largest absolute Gasteiger partial charge is 0.388 e. The van der Waals surface area contributed by atoms with Crippen LogP contribution >= 0.6 is 0 Å². The van der Waals surface area contributed by atoms with Gasteiger partial charge in [-0.15, -0.1) is 0 Å². The Labute approximate surface area is 208 Å². The predicted octanol–water partition coefficient (Wildman–Crippen LogP) is 6.51. The first-order valence-corrected chi connectivity index (χ1v) is 13.8. The van der Waals surface area contributed by atoms with Gasteiger partial charge in [0.25, 0.3) is 0 Å². The molecule has 2 aromatic rings. The normalized spacial score (nSPS) is 27.1. The highest BCUT2D eigenvalue weighted by Gasteiger charge is 2.40. The minimum atomic E-state index is -0.688. The van der Waals surface area contributed by atoms with Gasteiger partial charge in [-0.2, -0.15) is 0 Å². The summed E-state index contributed by atoms with van der Waals surface area (Å²) in [7, 11) is 0. The van der Waals surface area contributed by atoms with Crippen LogP contribution in [-0.2, 0) is 13.1 Å². The first-order valence-electron chi connectivity index (χ1n) is 13.8. The third-order valence-electron chi connectivity index (χ3n) is 8.21. The summed E-state index contributed by atoms with van der Waals surface area (Å²) in [5.41, 5.74) is 2.04. The maximum Gasteiger partial charge on any atom is 0.0789 e. The summed E-state index contributed by atoms with van der Waals surface area (Å²) in [5, 5.41) is 12.1. The Bertz CT molecular complexity index is 812. The van der Waals surface area contributed by atoms with Crippen molar-refractivity contribution in [2.24, 2.45) is 11.8 Å². The lowest BCUT2D eigenvalue weighted by molar-refractivity contribution is -0.0628. The van der Waals surface area contributed by atoms with Crippen molar-refractivity contribution in [2.45, 2.75) is 83.4 Å². The van der Waals surface area contributed by atoms with Crippen LogP contribution in [0.5, 0.6) is 0 Å². The molecule has 0 spiro atoms. The molecule has 4 rings (SSSR count). The quantitative estimate of drug-likeness (QED) is 0.548. The van der Waals surface area contributed by atoms with Crippen LogP contribution in [0.3, 0.4) is 0 Å². The molecule has 1 saturated heterocycles. The first kappa shape index (κ1) is 25.4. The molecule has 2 atom stereocenters. The summed E-state index contributed by atoms with van der Waals surface area (Å²) < 4.78 is 0. The van der Waals surface area contributed by atoms with Gasteiger partial charge in [0.2, 0.25) is 0 Å². The molecule has 3 heteroatoms. The molecular weight excluding hydrogens is 416 g/mol. The topological polar surface area (TPSA) is 26.7 Å². The van der Waals surface area contributed by atoms with Crippen molar-refractivity contribution in [1.82, 2.24) is 9.80 Å². The minimum Gasteiger partial charge on any atom is -0.388 e. The highest BCUT2D eigenvalue weighted by atomic mass is 16.3. The Balaban J connectivity index is 1.56. The van der Waals surface area contributed by atoms with Crippen molar-refractivity contribution in [1.29, 1.82) is 0 Å². The van der Waals surface area contributed by atoms with E-state index in [0.29, 0.717) is 11.8 Å². The van der Waals surface area contributed by atoms with Crippen molar-refractivity contribution in [2.75, 3.05) is 26.2 Å². The molecule has 2 aromatic carbocycles. The number of β-amino-alcohol motifs (C(OH)–C–C–N with tert-alkyl or cyclic N) is 1. The van der Waals surface area contributed by atoms with Gasteiger partial charge in [0.1, 0.15) is 0 Å². The average molecular weight is 463 g/mol. The van der Waals surface area contributed by atoms with Crippen LogP contribution < -0.4 is 0 Å². The molecule has 34 heavy (non-hydrogen) atoms. The molecular formula is C31H46N2O. The molecule has 0 bridgehead atoms. The van der Waals surface area contributed by atoms with Crippen molar-refractivity contribution in [3.05, 3.63) is 71.8 Å². The van der Waals surface area contributed by atoms with E-state index in [2.05, 4.69) is 77.4 Å². The van der Waals surface area contributed by atoms with E-state index in [-0.39, 0.29) is 0 Å². The third kappa shape index (κ3) is 7.66. The summed E-state index contributed by atoms with van der Waals surface area (Å²) in [6, 6.07) is 21.7. The number of rotatable bonds is 5. The summed E-state index contributed by atoms with van der Waals surface area (Å²) in [4.78, 5) is 5.16. The van der Waals surface area contributed by atoms with E-state index < -0.39 is 5.60 Å². The van der Waals surface area contributed by atoms with Gasteiger partial charge in [-0.05, 0) is 43.5 Å². The zero-order valence-corrected chi connectivity index (χ0v) is 21.4. The van der Waals surface area contributed by atoms with Gasteiger partial charge < -0.3 is 5.11 Å². The van der Waals surface area contributed by atoms with Crippen LogP contribution in [-0.4, -0.2) is 46.7 Å². The number of nitrogens with zero attached hydrogens (tertiary/aromatic N) is 2. The molecule has 1 N–H and O–H groups in total. The molecule has 186 valence electrons. The lowest BCUT2D eigenvalue weighted by Gasteiger charge is -2.42. The second-order valence-electron chi connectivity index (χ2n) is 11.2. The maximum absolute atomic E-state index is 12.1. The van der Waals surface area contributed by atoms with Gasteiger partial charge in [0.15, 0.2) is 0 Å². The van der Waals surface area contributed by atoms with E-state index in [1.165, 1.54) is 62.5 Å². The third-order valence-corrected chi connectivity index (χ3v) is 8.21. The van der Waals surface area contributed by atoms with Crippen LogP contribution in [0.1, 0.15) is 75.8 Å². The molecule has 1 saturated carbocycles. The zero-order chi connectivity index (χ0) is 23.6. The van der Waals surface area contributed by atoms with Gasteiger partial charge in [-0.25, -0.2) is 0 Å². The maximum atomic E-state index is 12.1. The molecule has 2 fully saturated rings.